The predicted octanol–water partition coefficient (Wildman–Crippen LogP) is -0.442. The molecule has 1 aromatic rings. The number of aromatic nitrogens is 2. The van der Waals surface area contributed by atoms with Gasteiger partial charge < -0.3 is 10.2 Å². The SMILES string of the molecule is C[C@H](Cn1cccn1)NC(=O)N1CCN(S(C)(=O)=O)CC1. The normalized spacial score (nSPS) is 18.5. The molecule has 0 saturated carbocycles. The minimum absolute atomic E-state index is 0.0506. The van der Waals surface area contributed by atoms with Gasteiger partial charge in [0.05, 0.1) is 12.8 Å². The Hall–Kier alpha value is -1.61. The van der Waals surface area contributed by atoms with E-state index in [0.29, 0.717) is 32.7 Å². The van der Waals surface area contributed by atoms with Crippen LogP contribution in [0.15, 0.2) is 18.5 Å². The third-order valence-corrected chi connectivity index (χ3v) is 4.69. The second kappa shape index (κ2) is 6.44. The Kier molecular flexibility index (Phi) is 4.84. The summed E-state index contributed by atoms with van der Waals surface area (Å²) in [5.74, 6) is 0. The van der Waals surface area contributed by atoms with Crippen LogP contribution >= 0.6 is 0 Å². The number of piperazine rings is 1. The van der Waals surface area contributed by atoms with Gasteiger partial charge in [0, 0.05) is 44.6 Å². The fourth-order valence-electron chi connectivity index (χ4n) is 2.26. The van der Waals surface area contributed by atoms with E-state index in [0.717, 1.165) is 0 Å². The molecule has 0 unspecified atom stereocenters. The van der Waals surface area contributed by atoms with Gasteiger partial charge in [-0.2, -0.15) is 9.40 Å². The predicted molar refractivity (Wildman–Crippen MR) is 78.2 cm³/mol. The van der Waals surface area contributed by atoms with E-state index >= 15 is 0 Å². The molecule has 1 aliphatic heterocycles. The first-order chi connectivity index (χ1) is 9.86. The highest BCUT2D eigenvalue weighted by Gasteiger charge is 2.26. The molecular formula is C12H21N5O3S. The van der Waals surface area contributed by atoms with Crippen LogP contribution in [0.1, 0.15) is 6.92 Å². The quantitative estimate of drug-likeness (QED) is 0.816. The van der Waals surface area contributed by atoms with Crippen LogP contribution in [-0.2, 0) is 16.6 Å². The molecule has 9 heteroatoms. The van der Waals surface area contributed by atoms with Crippen molar-refractivity contribution in [2.24, 2.45) is 0 Å². The van der Waals surface area contributed by atoms with Crippen LogP contribution < -0.4 is 5.32 Å². The molecule has 8 nitrogen and oxygen atoms in total. The monoisotopic (exact) mass is 315 g/mol. The Balaban J connectivity index is 1.79. The minimum atomic E-state index is -3.17. The summed E-state index contributed by atoms with van der Waals surface area (Å²) >= 11 is 0. The number of hydrogen-bond donors (Lipinski definition) is 1. The minimum Gasteiger partial charge on any atom is -0.334 e. The van der Waals surface area contributed by atoms with Gasteiger partial charge in [0.25, 0.3) is 0 Å². The van der Waals surface area contributed by atoms with E-state index in [4.69, 9.17) is 0 Å². The Morgan fingerprint density at radius 1 is 1.33 bits per heavy atom. The molecule has 1 N–H and O–H groups in total. The number of rotatable bonds is 4. The summed E-state index contributed by atoms with van der Waals surface area (Å²) in [7, 11) is -3.17. The number of amides is 2. The lowest BCUT2D eigenvalue weighted by Gasteiger charge is -2.33. The molecule has 1 aromatic heterocycles. The van der Waals surface area contributed by atoms with Gasteiger partial charge in [0.15, 0.2) is 0 Å². The first kappa shape index (κ1) is 15.8. The fourth-order valence-corrected chi connectivity index (χ4v) is 3.09. The molecule has 1 atom stereocenters. The molecule has 2 amide bonds. The molecule has 1 saturated heterocycles. The second-order valence-electron chi connectivity index (χ2n) is 5.23. The van der Waals surface area contributed by atoms with E-state index in [2.05, 4.69) is 10.4 Å². The molecule has 0 bridgehead atoms. The van der Waals surface area contributed by atoms with Crippen molar-refractivity contribution in [1.29, 1.82) is 0 Å². The van der Waals surface area contributed by atoms with E-state index in [1.165, 1.54) is 10.6 Å². The van der Waals surface area contributed by atoms with Crippen LogP contribution in [-0.4, -0.2) is 71.9 Å². The molecule has 1 fully saturated rings. The van der Waals surface area contributed by atoms with Gasteiger partial charge in [-0.1, -0.05) is 0 Å². The van der Waals surface area contributed by atoms with Gasteiger partial charge in [0.1, 0.15) is 0 Å². The van der Waals surface area contributed by atoms with Gasteiger partial charge >= 0.3 is 6.03 Å². The average molecular weight is 315 g/mol. The zero-order valence-corrected chi connectivity index (χ0v) is 13.1. The van der Waals surface area contributed by atoms with Gasteiger partial charge in [0.2, 0.25) is 10.0 Å². The highest BCUT2D eigenvalue weighted by atomic mass is 32.2. The van der Waals surface area contributed by atoms with Crippen LogP contribution in [0.4, 0.5) is 4.79 Å². The lowest BCUT2D eigenvalue weighted by atomic mass is 10.3. The van der Waals surface area contributed by atoms with Gasteiger partial charge in [-0.3, -0.25) is 4.68 Å². The van der Waals surface area contributed by atoms with Crippen LogP contribution in [0, 0.1) is 0 Å². The number of nitrogens with one attached hydrogen (secondary N) is 1. The summed E-state index contributed by atoms with van der Waals surface area (Å²) in [4.78, 5) is 13.8. The maximum atomic E-state index is 12.1. The molecular weight excluding hydrogens is 294 g/mol. The molecule has 21 heavy (non-hydrogen) atoms. The van der Waals surface area contributed by atoms with Crippen LogP contribution in [0.25, 0.3) is 0 Å². The number of carbonyl (C=O) groups is 1. The number of nitrogens with zero attached hydrogens (tertiary/aromatic N) is 4. The Morgan fingerprint density at radius 3 is 2.52 bits per heavy atom. The number of urea groups is 1. The zero-order chi connectivity index (χ0) is 15.5. The van der Waals surface area contributed by atoms with Gasteiger partial charge in [-0.05, 0) is 13.0 Å². The zero-order valence-electron chi connectivity index (χ0n) is 12.3. The second-order valence-corrected chi connectivity index (χ2v) is 7.21. The molecule has 118 valence electrons. The average Bonchev–Trinajstić information content (AvgIpc) is 2.90. The van der Waals surface area contributed by atoms with E-state index < -0.39 is 10.0 Å². The Bertz CT molecular complexity index is 564. The van der Waals surface area contributed by atoms with E-state index in [-0.39, 0.29) is 12.1 Å². The van der Waals surface area contributed by atoms with Crippen molar-refractivity contribution < 1.29 is 13.2 Å². The first-order valence-electron chi connectivity index (χ1n) is 6.84. The summed E-state index contributed by atoms with van der Waals surface area (Å²) in [5, 5.41) is 6.99. The summed E-state index contributed by atoms with van der Waals surface area (Å²) < 4.78 is 26.0. The number of carbonyl (C=O) groups excluding carboxylic acids is 1. The smallest absolute Gasteiger partial charge is 0.317 e. The van der Waals surface area contributed by atoms with Crippen molar-refractivity contribution in [3.05, 3.63) is 18.5 Å². The highest BCUT2D eigenvalue weighted by molar-refractivity contribution is 7.88. The van der Waals surface area contributed by atoms with Gasteiger partial charge in [-0.25, -0.2) is 13.2 Å². The summed E-state index contributed by atoms with van der Waals surface area (Å²) in [5.41, 5.74) is 0. The maximum Gasteiger partial charge on any atom is 0.317 e. The van der Waals surface area contributed by atoms with Crippen molar-refractivity contribution in [3.63, 3.8) is 0 Å². The number of sulfonamides is 1. The van der Waals surface area contributed by atoms with Crippen molar-refractivity contribution in [1.82, 2.24) is 24.3 Å². The molecule has 2 rings (SSSR count). The van der Waals surface area contributed by atoms with E-state index in [1.54, 1.807) is 15.8 Å². The van der Waals surface area contributed by atoms with Crippen molar-refractivity contribution in [2.45, 2.75) is 19.5 Å². The third-order valence-electron chi connectivity index (χ3n) is 3.38. The molecule has 0 aromatic carbocycles. The van der Waals surface area contributed by atoms with Gasteiger partial charge in [-0.15, -0.1) is 0 Å². The van der Waals surface area contributed by atoms with Crippen molar-refractivity contribution in [3.8, 4) is 0 Å². The van der Waals surface area contributed by atoms with Crippen LogP contribution in [0.3, 0.4) is 0 Å². The maximum absolute atomic E-state index is 12.1. The highest BCUT2D eigenvalue weighted by Crippen LogP contribution is 2.06. The van der Waals surface area contributed by atoms with Crippen LogP contribution in [0.2, 0.25) is 0 Å². The third kappa shape index (κ3) is 4.43. The largest absolute Gasteiger partial charge is 0.334 e. The molecule has 1 aliphatic rings. The van der Waals surface area contributed by atoms with Crippen LogP contribution in [0.5, 0.6) is 0 Å². The number of hydrogen-bond acceptors (Lipinski definition) is 4. The standard InChI is InChI=1S/C12H21N5O3S/c1-11(10-16-5-3-4-13-16)14-12(18)15-6-8-17(9-7-15)21(2,19)20/h3-5,11H,6-10H2,1-2H3,(H,14,18)/t11-/m1/s1. The lowest BCUT2D eigenvalue weighted by Crippen LogP contribution is -2.54. The van der Waals surface area contributed by atoms with Crippen molar-refractivity contribution >= 4 is 16.1 Å². The molecule has 0 aliphatic carbocycles. The lowest BCUT2D eigenvalue weighted by molar-refractivity contribution is 0.168. The summed E-state index contributed by atoms with van der Waals surface area (Å²) in [6.07, 6.45) is 4.72. The fraction of sp³-hybridized carbons (Fsp3) is 0.667. The first-order valence-corrected chi connectivity index (χ1v) is 8.69. The van der Waals surface area contributed by atoms with Crippen molar-refractivity contribution in [2.75, 3.05) is 32.4 Å². The topological polar surface area (TPSA) is 87.5 Å². The Morgan fingerprint density at radius 2 is 2.00 bits per heavy atom. The molecule has 0 radical (unpaired) electrons. The van der Waals surface area contributed by atoms with E-state index in [1.807, 2.05) is 19.2 Å². The molecule has 2 heterocycles. The summed E-state index contributed by atoms with van der Waals surface area (Å²) in [6, 6.07) is 1.62. The van der Waals surface area contributed by atoms with E-state index in [9.17, 15) is 13.2 Å². The Labute approximate surface area is 124 Å². The summed E-state index contributed by atoms with van der Waals surface area (Å²) in [6.45, 7) is 4.02. The molecule has 0 spiro atoms.